The van der Waals surface area contributed by atoms with Gasteiger partial charge in [-0.05, 0) is 24.8 Å². The number of rotatable bonds is 2. The Hall–Kier alpha value is -1.35. The van der Waals surface area contributed by atoms with E-state index in [1.807, 2.05) is 0 Å². The first-order valence-electron chi connectivity index (χ1n) is 5.44. The molecule has 5 nitrogen and oxygen atoms in total. The molecule has 2 N–H and O–H groups in total. The number of aryl methyl sites for hydroxylation is 1. The second-order valence-electron chi connectivity index (χ2n) is 4.24. The van der Waals surface area contributed by atoms with Crippen molar-refractivity contribution in [1.82, 2.24) is 4.98 Å². The van der Waals surface area contributed by atoms with Crippen molar-refractivity contribution < 1.29 is 25.8 Å². The summed E-state index contributed by atoms with van der Waals surface area (Å²) >= 11 is 0. The van der Waals surface area contributed by atoms with Crippen molar-refractivity contribution in [3.63, 3.8) is 0 Å². The van der Waals surface area contributed by atoms with Crippen LogP contribution in [0.4, 0.5) is 13.2 Å². The van der Waals surface area contributed by atoms with E-state index in [0.29, 0.717) is 25.0 Å². The van der Waals surface area contributed by atoms with Crippen molar-refractivity contribution in [1.29, 1.82) is 0 Å². The molecule has 9 heteroatoms. The van der Waals surface area contributed by atoms with E-state index >= 15 is 0 Å². The highest BCUT2D eigenvalue weighted by Gasteiger charge is 2.48. The van der Waals surface area contributed by atoms with Gasteiger partial charge in [-0.25, -0.2) is 4.98 Å². The highest BCUT2D eigenvalue weighted by Crippen LogP contribution is 2.27. The first-order chi connectivity index (χ1) is 8.69. The van der Waals surface area contributed by atoms with Crippen LogP contribution in [0.5, 0.6) is 5.88 Å². The summed E-state index contributed by atoms with van der Waals surface area (Å²) in [6.45, 7) is 0. The number of hydrogen-bond donors (Lipinski definition) is 1. The number of pyridine rings is 1. The van der Waals surface area contributed by atoms with E-state index in [-0.39, 0.29) is 6.04 Å². The van der Waals surface area contributed by atoms with Gasteiger partial charge in [-0.15, -0.1) is 0 Å². The molecule has 1 aliphatic rings. The summed E-state index contributed by atoms with van der Waals surface area (Å²) in [7, 11) is -5.68. The lowest BCUT2D eigenvalue weighted by Crippen LogP contribution is -2.30. The van der Waals surface area contributed by atoms with Crippen molar-refractivity contribution in [2.24, 2.45) is 5.73 Å². The van der Waals surface area contributed by atoms with Gasteiger partial charge < -0.3 is 9.92 Å². The molecule has 0 aromatic carbocycles. The predicted octanol–water partition coefficient (Wildman–Crippen LogP) is 1.13. The van der Waals surface area contributed by atoms with E-state index in [1.54, 1.807) is 0 Å². The van der Waals surface area contributed by atoms with E-state index in [1.165, 1.54) is 6.07 Å². The molecule has 0 bridgehead atoms. The molecule has 1 aromatic rings. The second-order valence-corrected chi connectivity index (χ2v) is 5.78. The van der Waals surface area contributed by atoms with Gasteiger partial charge in [0.15, 0.2) is 0 Å². The van der Waals surface area contributed by atoms with Crippen molar-refractivity contribution in [3.8, 4) is 5.88 Å². The average Bonchev–Trinajstić information content (AvgIpc) is 2.27. The molecule has 0 saturated carbocycles. The third kappa shape index (κ3) is 2.98. The molecule has 19 heavy (non-hydrogen) atoms. The average molecular weight is 296 g/mol. The van der Waals surface area contributed by atoms with Gasteiger partial charge >= 0.3 is 15.6 Å². The highest BCUT2D eigenvalue weighted by molar-refractivity contribution is 7.87. The maximum atomic E-state index is 12.2. The fourth-order valence-electron chi connectivity index (χ4n) is 1.83. The van der Waals surface area contributed by atoms with E-state index in [4.69, 9.17) is 5.73 Å². The molecule has 1 heterocycles. The molecule has 1 atom stereocenters. The Balaban J connectivity index is 2.25. The van der Waals surface area contributed by atoms with Crippen LogP contribution in [0.15, 0.2) is 12.1 Å². The lowest BCUT2D eigenvalue weighted by Gasteiger charge is -2.20. The Morgan fingerprint density at radius 3 is 2.68 bits per heavy atom. The molecule has 0 radical (unpaired) electrons. The van der Waals surface area contributed by atoms with E-state index < -0.39 is 21.5 Å². The van der Waals surface area contributed by atoms with Gasteiger partial charge in [-0.3, -0.25) is 0 Å². The Kier molecular flexibility index (Phi) is 3.43. The van der Waals surface area contributed by atoms with Gasteiger partial charge in [0.1, 0.15) is 0 Å². The Labute approximate surface area is 107 Å². The number of halogens is 3. The monoisotopic (exact) mass is 296 g/mol. The lowest BCUT2D eigenvalue weighted by atomic mass is 9.92. The Morgan fingerprint density at radius 2 is 2.05 bits per heavy atom. The van der Waals surface area contributed by atoms with Crippen LogP contribution in [-0.4, -0.2) is 25.0 Å². The van der Waals surface area contributed by atoms with Crippen molar-refractivity contribution in [2.75, 3.05) is 0 Å². The summed E-state index contributed by atoms with van der Waals surface area (Å²) in [5.74, 6) is -0.577. The van der Waals surface area contributed by atoms with E-state index in [2.05, 4.69) is 9.17 Å². The zero-order valence-electron chi connectivity index (χ0n) is 9.64. The molecule has 1 aliphatic carbocycles. The Morgan fingerprint density at radius 1 is 1.37 bits per heavy atom. The van der Waals surface area contributed by atoms with E-state index in [9.17, 15) is 21.6 Å². The third-order valence-electron chi connectivity index (χ3n) is 2.76. The lowest BCUT2D eigenvalue weighted by molar-refractivity contribution is -0.0501. The largest absolute Gasteiger partial charge is 0.534 e. The summed E-state index contributed by atoms with van der Waals surface area (Å²) in [4.78, 5) is 3.79. The van der Waals surface area contributed by atoms with Gasteiger partial charge in [0, 0.05) is 17.8 Å². The quantitative estimate of drug-likeness (QED) is 0.653. The topological polar surface area (TPSA) is 82.3 Å². The molecule has 0 spiro atoms. The zero-order chi connectivity index (χ0) is 14.3. The molecule has 0 saturated heterocycles. The molecular formula is C10H11F3N2O3S. The van der Waals surface area contributed by atoms with E-state index in [0.717, 1.165) is 11.6 Å². The minimum atomic E-state index is -5.68. The summed E-state index contributed by atoms with van der Waals surface area (Å²) in [5.41, 5.74) is 1.60. The zero-order valence-corrected chi connectivity index (χ0v) is 10.5. The SMILES string of the molecule is NC1CCc2nc(OS(=O)(=O)C(F)(F)F)ccc2C1. The number of nitrogens with two attached hydrogens (primary N) is 1. The van der Waals surface area contributed by atoms with Gasteiger partial charge in [-0.2, -0.15) is 21.6 Å². The first kappa shape index (κ1) is 14.1. The summed E-state index contributed by atoms with van der Waals surface area (Å²) in [5, 5.41) is 0. The van der Waals surface area contributed by atoms with Crippen molar-refractivity contribution in [3.05, 3.63) is 23.4 Å². The fraction of sp³-hybridized carbons (Fsp3) is 0.500. The number of fused-ring (bicyclic) bond motifs is 1. The van der Waals surface area contributed by atoms with Crippen LogP contribution in [0.1, 0.15) is 17.7 Å². The predicted molar refractivity (Wildman–Crippen MR) is 59.8 cm³/mol. The van der Waals surface area contributed by atoms with Gasteiger partial charge in [0.25, 0.3) is 0 Å². The highest BCUT2D eigenvalue weighted by atomic mass is 32.2. The summed E-state index contributed by atoms with van der Waals surface area (Å²) in [6, 6.07) is 2.57. The smallest absolute Gasteiger partial charge is 0.355 e. The number of nitrogens with zero attached hydrogens (tertiary/aromatic N) is 1. The van der Waals surface area contributed by atoms with Crippen LogP contribution in [0.2, 0.25) is 0 Å². The van der Waals surface area contributed by atoms with Gasteiger partial charge in [0.2, 0.25) is 5.88 Å². The maximum Gasteiger partial charge on any atom is 0.534 e. The molecule has 0 amide bonds. The van der Waals surface area contributed by atoms with Gasteiger partial charge in [-0.1, -0.05) is 6.07 Å². The van der Waals surface area contributed by atoms with Crippen LogP contribution in [0.3, 0.4) is 0 Å². The minimum Gasteiger partial charge on any atom is -0.355 e. The summed E-state index contributed by atoms with van der Waals surface area (Å²) in [6.07, 6.45) is 1.70. The third-order valence-corrected chi connectivity index (χ3v) is 3.71. The van der Waals surface area contributed by atoms with Crippen LogP contribution >= 0.6 is 0 Å². The van der Waals surface area contributed by atoms with Crippen LogP contribution < -0.4 is 9.92 Å². The number of hydrogen-bond acceptors (Lipinski definition) is 5. The van der Waals surface area contributed by atoms with Crippen molar-refractivity contribution >= 4 is 10.1 Å². The van der Waals surface area contributed by atoms with Crippen molar-refractivity contribution in [2.45, 2.75) is 30.8 Å². The molecule has 2 rings (SSSR count). The summed E-state index contributed by atoms with van der Waals surface area (Å²) < 4.78 is 62.1. The van der Waals surface area contributed by atoms with Crippen LogP contribution in [0, 0.1) is 0 Å². The number of alkyl halides is 3. The molecule has 106 valence electrons. The maximum absolute atomic E-state index is 12.2. The second kappa shape index (κ2) is 4.64. The fourth-order valence-corrected chi connectivity index (χ4v) is 2.24. The Bertz CT molecular complexity index is 586. The molecule has 1 aromatic heterocycles. The molecule has 0 aliphatic heterocycles. The first-order valence-corrected chi connectivity index (χ1v) is 6.85. The molecule has 1 unspecified atom stereocenters. The molecule has 0 fully saturated rings. The standard InChI is InChI=1S/C10H11F3N2O3S/c11-10(12,13)19(16,17)18-9-4-1-6-5-7(14)2-3-8(6)15-9/h1,4,7H,2-3,5,14H2. The van der Waals surface area contributed by atoms with Crippen LogP contribution in [-0.2, 0) is 23.0 Å². The molecular weight excluding hydrogens is 285 g/mol. The normalized spacial score (nSPS) is 19.9. The number of aromatic nitrogens is 1. The minimum absolute atomic E-state index is 0.0139. The van der Waals surface area contributed by atoms with Crippen LogP contribution in [0.25, 0.3) is 0 Å². The van der Waals surface area contributed by atoms with Gasteiger partial charge in [0.05, 0.1) is 0 Å².